The molecule has 5 nitrogen and oxygen atoms in total. The molecule has 0 aliphatic carbocycles. The maximum Gasteiger partial charge on any atom is 0.257 e. The van der Waals surface area contributed by atoms with Crippen molar-refractivity contribution in [3.8, 4) is 5.75 Å². The van der Waals surface area contributed by atoms with Gasteiger partial charge in [0.25, 0.3) is 5.91 Å². The lowest BCUT2D eigenvalue weighted by Gasteiger charge is -2.26. The Hall–Kier alpha value is -1.66. The fraction of sp³-hybridized carbons (Fsp3) is 0.467. The van der Waals surface area contributed by atoms with Crippen LogP contribution in [-0.4, -0.2) is 51.7 Å². The van der Waals surface area contributed by atoms with Gasteiger partial charge in [0, 0.05) is 6.54 Å². The Morgan fingerprint density at radius 2 is 2.29 bits per heavy atom. The Balaban J connectivity index is 1.86. The van der Waals surface area contributed by atoms with Crippen molar-refractivity contribution in [2.24, 2.45) is 0 Å². The Kier molecular flexibility index (Phi) is 3.59. The number of thiocarbonyl (C=S) groups is 1. The SMILES string of the molecule is COc1cccc(CN2C(=O)[C@@]3(CO)CCCN3C2=S)c1. The maximum absolute atomic E-state index is 12.7. The maximum atomic E-state index is 12.7. The summed E-state index contributed by atoms with van der Waals surface area (Å²) in [6.07, 6.45) is 1.55. The standard InChI is InChI=1S/C15H18N2O3S/c1-20-12-5-2-4-11(8-12)9-16-13(19)15(10-18)6-3-7-17(15)14(16)21/h2,4-5,8,18H,3,6-7,9-10H2,1H3/t15-/m0/s1. The molecule has 1 aromatic carbocycles. The van der Waals surface area contributed by atoms with Crippen molar-refractivity contribution in [2.75, 3.05) is 20.3 Å². The van der Waals surface area contributed by atoms with Crippen LogP contribution in [0.2, 0.25) is 0 Å². The fourth-order valence-electron chi connectivity index (χ4n) is 3.19. The quantitative estimate of drug-likeness (QED) is 0.846. The first-order valence-corrected chi connectivity index (χ1v) is 7.40. The molecule has 0 unspecified atom stereocenters. The zero-order valence-corrected chi connectivity index (χ0v) is 12.7. The predicted octanol–water partition coefficient (Wildman–Crippen LogP) is 1.15. The number of fused-ring (bicyclic) bond motifs is 1. The molecule has 2 saturated heterocycles. The van der Waals surface area contributed by atoms with Crippen molar-refractivity contribution in [2.45, 2.75) is 24.9 Å². The fourth-order valence-corrected chi connectivity index (χ4v) is 3.60. The van der Waals surface area contributed by atoms with Crippen molar-refractivity contribution in [3.05, 3.63) is 29.8 Å². The lowest BCUT2D eigenvalue weighted by atomic mass is 9.97. The molecular formula is C15H18N2O3S. The van der Waals surface area contributed by atoms with Gasteiger partial charge in [-0.15, -0.1) is 0 Å². The third kappa shape index (κ3) is 2.10. The molecule has 2 aliphatic rings. The Labute approximate surface area is 129 Å². The van der Waals surface area contributed by atoms with Gasteiger partial charge in [0.15, 0.2) is 5.11 Å². The highest BCUT2D eigenvalue weighted by Crippen LogP contribution is 2.38. The van der Waals surface area contributed by atoms with Crippen LogP contribution in [-0.2, 0) is 11.3 Å². The normalized spacial score (nSPS) is 24.7. The van der Waals surface area contributed by atoms with Crippen LogP contribution in [0.3, 0.4) is 0 Å². The van der Waals surface area contributed by atoms with Crippen LogP contribution >= 0.6 is 12.2 Å². The van der Waals surface area contributed by atoms with Crippen LogP contribution in [0, 0.1) is 0 Å². The highest BCUT2D eigenvalue weighted by atomic mass is 32.1. The van der Waals surface area contributed by atoms with Crippen molar-refractivity contribution in [1.82, 2.24) is 9.80 Å². The summed E-state index contributed by atoms with van der Waals surface area (Å²) in [5.41, 5.74) is 0.134. The minimum Gasteiger partial charge on any atom is -0.497 e. The molecule has 21 heavy (non-hydrogen) atoms. The molecule has 2 aliphatic heterocycles. The number of hydrogen-bond acceptors (Lipinski definition) is 4. The summed E-state index contributed by atoms with van der Waals surface area (Å²) in [6, 6.07) is 7.58. The number of methoxy groups -OCH3 is 1. The summed E-state index contributed by atoms with van der Waals surface area (Å²) >= 11 is 5.44. The van der Waals surface area contributed by atoms with Gasteiger partial charge in [-0.25, -0.2) is 0 Å². The van der Waals surface area contributed by atoms with E-state index in [1.165, 1.54) is 0 Å². The van der Waals surface area contributed by atoms with Crippen LogP contribution in [0.15, 0.2) is 24.3 Å². The number of nitrogens with zero attached hydrogens (tertiary/aromatic N) is 2. The van der Waals surface area contributed by atoms with E-state index in [4.69, 9.17) is 17.0 Å². The van der Waals surface area contributed by atoms with Gasteiger partial charge in [-0.1, -0.05) is 12.1 Å². The van der Waals surface area contributed by atoms with E-state index in [-0.39, 0.29) is 12.5 Å². The van der Waals surface area contributed by atoms with E-state index in [9.17, 15) is 9.90 Å². The van der Waals surface area contributed by atoms with Crippen molar-refractivity contribution < 1.29 is 14.6 Å². The summed E-state index contributed by atoms with van der Waals surface area (Å²) in [4.78, 5) is 16.2. The molecule has 112 valence electrons. The number of hydrogen-bond donors (Lipinski definition) is 1. The van der Waals surface area contributed by atoms with Gasteiger partial charge in [-0.05, 0) is 42.8 Å². The van der Waals surface area contributed by atoms with Crippen molar-refractivity contribution in [1.29, 1.82) is 0 Å². The summed E-state index contributed by atoms with van der Waals surface area (Å²) in [6.45, 7) is 0.966. The molecule has 2 fully saturated rings. The lowest BCUT2D eigenvalue weighted by molar-refractivity contribution is -0.134. The average molecular weight is 306 g/mol. The van der Waals surface area contributed by atoms with E-state index in [2.05, 4.69) is 0 Å². The van der Waals surface area contributed by atoms with Crippen LogP contribution in [0.1, 0.15) is 18.4 Å². The summed E-state index contributed by atoms with van der Waals surface area (Å²) in [7, 11) is 1.61. The second-order valence-electron chi connectivity index (χ2n) is 5.47. The molecule has 0 aromatic heterocycles. The lowest BCUT2D eigenvalue weighted by Crippen LogP contribution is -2.48. The Morgan fingerprint density at radius 3 is 2.95 bits per heavy atom. The number of rotatable bonds is 4. The van der Waals surface area contributed by atoms with Crippen LogP contribution < -0.4 is 4.74 Å². The van der Waals surface area contributed by atoms with E-state index in [1.54, 1.807) is 12.0 Å². The number of aliphatic hydroxyl groups excluding tert-OH is 1. The van der Waals surface area contributed by atoms with Gasteiger partial charge in [-0.2, -0.15) is 0 Å². The second-order valence-corrected chi connectivity index (χ2v) is 5.84. The van der Waals surface area contributed by atoms with Gasteiger partial charge in [0.05, 0.1) is 20.3 Å². The smallest absolute Gasteiger partial charge is 0.257 e. The Bertz CT molecular complexity index is 592. The summed E-state index contributed by atoms with van der Waals surface area (Å²) in [5, 5.41) is 10.2. The van der Waals surface area contributed by atoms with Gasteiger partial charge in [0.2, 0.25) is 0 Å². The highest BCUT2D eigenvalue weighted by Gasteiger charge is 2.57. The largest absolute Gasteiger partial charge is 0.497 e. The van der Waals surface area contributed by atoms with E-state index in [0.29, 0.717) is 18.1 Å². The molecule has 2 heterocycles. The van der Waals surface area contributed by atoms with Crippen molar-refractivity contribution >= 4 is 23.2 Å². The first kappa shape index (κ1) is 14.3. The molecule has 0 saturated carbocycles. The van der Waals surface area contributed by atoms with Crippen molar-refractivity contribution in [3.63, 3.8) is 0 Å². The van der Waals surface area contributed by atoms with E-state index >= 15 is 0 Å². The number of carbonyl (C=O) groups excluding carboxylic acids is 1. The molecule has 1 atom stereocenters. The minimum atomic E-state index is -0.823. The zero-order valence-electron chi connectivity index (χ0n) is 11.9. The van der Waals surface area contributed by atoms with Crippen LogP contribution in [0.4, 0.5) is 0 Å². The van der Waals surface area contributed by atoms with E-state index in [0.717, 1.165) is 24.3 Å². The van der Waals surface area contributed by atoms with Crippen LogP contribution in [0.5, 0.6) is 5.75 Å². The third-order valence-corrected chi connectivity index (χ3v) is 4.77. The molecule has 1 N–H and O–H groups in total. The number of aliphatic hydroxyl groups is 1. The van der Waals surface area contributed by atoms with Gasteiger partial charge in [0.1, 0.15) is 11.3 Å². The first-order chi connectivity index (χ1) is 10.1. The molecule has 0 bridgehead atoms. The van der Waals surface area contributed by atoms with Gasteiger partial charge < -0.3 is 14.7 Å². The van der Waals surface area contributed by atoms with Crippen LogP contribution in [0.25, 0.3) is 0 Å². The molecule has 1 amide bonds. The van der Waals surface area contributed by atoms with E-state index in [1.807, 2.05) is 29.2 Å². The third-order valence-electron chi connectivity index (χ3n) is 4.33. The molecule has 0 spiro atoms. The molecule has 0 radical (unpaired) electrons. The molecule has 3 rings (SSSR count). The number of amides is 1. The Morgan fingerprint density at radius 1 is 1.48 bits per heavy atom. The number of carbonyl (C=O) groups is 1. The molecular weight excluding hydrogens is 288 g/mol. The monoisotopic (exact) mass is 306 g/mol. The van der Waals surface area contributed by atoms with Gasteiger partial charge in [-0.3, -0.25) is 9.69 Å². The molecule has 1 aromatic rings. The van der Waals surface area contributed by atoms with Gasteiger partial charge >= 0.3 is 0 Å². The molecule has 6 heteroatoms. The highest BCUT2D eigenvalue weighted by molar-refractivity contribution is 7.80. The number of benzene rings is 1. The summed E-state index contributed by atoms with van der Waals surface area (Å²) < 4.78 is 5.20. The zero-order chi connectivity index (χ0) is 15.0. The second kappa shape index (κ2) is 5.27. The van der Waals surface area contributed by atoms with E-state index < -0.39 is 5.54 Å². The summed E-state index contributed by atoms with van der Waals surface area (Å²) in [5.74, 6) is 0.665. The predicted molar refractivity (Wildman–Crippen MR) is 81.9 cm³/mol. The first-order valence-electron chi connectivity index (χ1n) is 7.00. The number of ether oxygens (including phenoxy) is 1. The minimum absolute atomic E-state index is 0.0877. The average Bonchev–Trinajstić information content (AvgIpc) is 3.03. The topological polar surface area (TPSA) is 53.0 Å².